The van der Waals surface area contributed by atoms with Crippen LogP contribution in [0.4, 0.5) is 0 Å². The lowest BCUT2D eigenvalue weighted by molar-refractivity contribution is -0.143. The monoisotopic (exact) mass is 860 g/mol. The molecule has 0 aliphatic heterocycles. The SMILES string of the molecule is CCCC/C=C\CCCCCCCC(=O)OCCCCCCCC/C=C\CCCCCCCCCC(=O)NC(CO)C(O)CCCCCCCCCCCCCCCCCC. The fraction of sp³-hybridized carbons (Fsp3) is 0.891. The van der Waals surface area contributed by atoms with E-state index in [2.05, 4.69) is 43.5 Å². The molecule has 0 fully saturated rings. The molecular formula is C55H105NO5. The molecule has 0 aromatic heterocycles. The fourth-order valence-electron chi connectivity index (χ4n) is 8.26. The molecule has 0 aliphatic carbocycles. The Labute approximate surface area is 380 Å². The smallest absolute Gasteiger partial charge is 0.305 e. The predicted octanol–water partition coefficient (Wildman–Crippen LogP) is 16.3. The highest BCUT2D eigenvalue weighted by molar-refractivity contribution is 5.76. The number of carbonyl (C=O) groups excluding carboxylic acids is 2. The van der Waals surface area contributed by atoms with Crippen LogP contribution < -0.4 is 5.32 Å². The number of hydrogen-bond acceptors (Lipinski definition) is 5. The number of allylic oxidation sites excluding steroid dienone is 4. The van der Waals surface area contributed by atoms with Gasteiger partial charge >= 0.3 is 5.97 Å². The first-order valence-electron chi connectivity index (χ1n) is 27.1. The predicted molar refractivity (Wildman–Crippen MR) is 264 cm³/mol. The number of ether oxygens (including phenoxy) is 1. The Kier molecular flexibility index (Phi) is 49.6. The lowest BCUT2D eigenvalue weighted by Crippen LogP contribution is -2.45. The van der Waals surface area contributed by atoms with Crippen molar-refractivity contribution in [3.63, 3.8) is 0 Å². The average molecular weight is 860 g/mol. The summed E-state index contributed by atoms with van der Waals surface area (Å²) in [7, 11) is 0. The van der Waals surface area contributed by atoms with Gasteiger partial charge in [-0.3, -0.25) is 9.59 Å². The van der Waals surface area contributed by atoms with Crippen LogP contribution in [-0.4, -0.2) is 47.4 Å². The Morgan fingerprint density at radius 2 is 0.787 bits per heavy atom. The van der Waals surface area contributed by atoms with Crippen LogP contribution in [0.25, 0.3) is 0 Å². The van der Waals surface area contributed by atoms with Gasteiger partial charge < -0.3 is 20.3 Å². The maximum atomic E-state index is 12.5. The lowest BCUT2D eigenvalue weighted by Gasteiger charge is -2.22. The molecule has 0 aromatic carbocycles. The number of hydrogen-bond donors (Lipinski definition) is 3. The second-order valence-corrected chi connectivity index (χ2v) is 18.6. The van der Waals surface area contributed by atoms with Crippen LogP contribution in [0.5, 0.6) is 0 Å². The van der Waals surface area contributed by atoms with Crippen LogP contribution in [0.15, 0.2) is 24.3 Å². The Balaban J connectivity index is 3.47. The second-order valence-electron chi connectivity index (χ2n) is 18.6. The molecule has 61 heavy (non-hydrogen) atoms. The molecule has 0 aliphatic rings. The topological polar surface area (TPSA) is 95.9 Å². The molecular weight excluding hydrogens is 755 g/mol. The highest BCUT2D eigenvalue weighted by atomic mass is 16.5. The molecule has 0 bridgehead atoms. The quantitative estimate of drug-likeness (QED) is 0.0322. The number of rotatable bonds is 50. The molecule has 0 heterocycles. The van der Waals surface area contributed by atoms with Gasteiger partial charge in [-0.2, -0.15) is 0 Å². The van der Waals surface area contributed by atoms with Crippen molar-refractivity contribution in [3.05, 3.63) is 24.3 Å². The number of aliphatic hydroxyl groups is 2. The minimum atomic E-state index is -0.672. The van der Waals surface area contributed by atoms with Crippen LogP contribution in [0.2, 0.25) is 0 Å². The van der Waals surface area contributed by atoms with E-state index in [9.17, 15) is 19.8 Å². The summed E-state index contributed by atoms with van der Waals surface area (Å²) in [5.74, 6) is -0.0591. The maximum Gasteiger partial charge on any atom is 0.305 e. The Bertz CT molecular complexity index is 951. The van der Waals surface area contributed by atoms with Crippen LogP contribution in [-0.2, 0) is 14.3 Å². The first kappa shape index (κ1) is 59.3. The average Bonchev–Trinajstić information content (AvgIpc) is 3.26. The van der Waals surface area contributed by atoms with Crippen molar-refractivity contribution in [2.24, 2.45) is 0 Å². The van der Waals surface area contributed by atoms with Gasteiger partial charge in [0.05, 0.1) is 25.4 Å². The van der Waals surface area contributed by atoms with E-state index in [1.54, 1.807) is 0 Å². The van der Waals surface area contributed by atoms with Crippen molar-refractivity contribution in [1.82, 2.24) is 5.32 Å². The van der Waals surface area contributed by atoms with Crippen molar-refractivity contribution in [2.75, 3.05) is 13.2 Å². The van der Waals surface area contributed by atoms with Crippen LogP contribution in [0.1, 0.15) is 290 Å². The highest BCUT2D eigenvalue weighted by Gasteiger charge is 2.20. The van der Waals surface area contributed by atoms with E-state index in [1.807, 2.05) is 0 Å². The third kappa shape index (κ3) is 47.7. The third-order valence-electron chi connectivity index (χ3n) is 12.5. The minimum absolute atomic E-state index is 0.0129. The van der Waals surface area contributed by atoms with Crippen molar-refractivity contribution >= 4 is 11.9 Å². The van der Waals surface area contributed by atoms with E-state index < -0.39 is 12.1 Å². The number of nitrogens with one attached hydrogen (secondary N) is 1. The number of esters is 1. The van der Waals surface area contributed by atoms with Gasteiger partial charge in [0.1, 0.15) is 0 Å². The molecule has 0 saturated heterocycles. The molecule has 360 valence electrons. The summed E-state index contributed by atoms with van der Waals surface area (Å²) >= 11 is 0. The van der Waals surface area contributed by atoms with Gasteiger partial charge in [-0.15, -0.1) is 0 Å². The fourth-order valence-corrected chi connectivity index (χ4v) is 8.26. The number of aliphatic hydroxyl groups excluding tert-OH is 2. The minimum Gasteiger partial charge on any atom is -0.466 e. The summed E-state index contributed by atoms with van der Waals surface area (Å²) in [4.78, 5) is 24.4. The largest absolute Gasteiger partial charge is 0.466 e. The summed E-state index contributed by atoms with van der Waals surface area (Å²) in [6.07, 6.45) is 60.1. The normalized spacial score (nSPS) is 12.8. The first-order valence-corrected chi connectivity index (χ1v) is 27.1. The van der Waals surface area contributed by atoms with Gasteiger partial charge in [0.2, 0.25) is 5.91 Å². The lowest BCUT2D eigenvalue weighted by atomic mass is 10.0. The molecule has 0 saturated carbocycles. The third-order valence-corrected chi connectivity index (χ3v) is 12.5. The van der Waals surface area contributed by atoms with Crippen molar-refractivity contribution in [2.45, 2.75) is 302 Å². The zero-order valence-electron chi connectivity index (χ0n) is 40.9. The van der Waals surface area contributed by atoms with E-state index >= 15 is 0 Å². The van der Waals surface area contributed by atoms with E-state index in [4.69, 9.17) is 4.74 Å². The van der Waals surface area contributed by atoms with Gasteiger partial charge in [-0.25, -0.2) is 0 Å². The summed E-state index contributed by atoms with van der Waals surface area (Å²) in [6, 6.07) is -0.550. The first-order chi connectivity index (χ1) is 30.0. The molecule has 6 heteroatoms. The number of unbranched alkanes of at least 4 members (excludes halogenated alkanes) is 35. The van der Waals surface area contributed by atoms with Crippen molar-refractivity contribution in [3.8, 4) is 0 Å². The van der Waals surface area contributed by atoms with E-state index in [-0.39, 0.29) is 18.5 Å². The van der Waals surface area contributed by atoms with Gasteiger partial charge in [0.25, 0.3) is 0 Å². The Morgan fingerprint density at radius 1 is 0.443 bits per heavy atom. The molecule has 3 N–H and O–H groups in total. The highest BCUT2D eigenvalue weighted by Crippen LogP contribution is 2.16. The van der Waals surface area contributed by atoms with Crippen LogP contribution in [0.3, 0.4) is 0 Å². The second kappa shape index (κ2) is 51.0. The standard InChI is InChI=1S/C55H105NO5/c1-3-5-7-9-11-13-15-16-17-21-24-28-31-35-39-43-47-53(58)52(51-57)56-54(59)48-44-40-36-32-29-25-22-19-18-20-23-26-30-34-38-42-46-50-61-55(60)49-45-41-37-33-27-14-12-10-8-6-4-2/h10,12,18,20,52-53,57-58H,3-9,11,13-17,19,21-51H2,1-2H3,(H,56,59)/b12-10-,20-18-. The van der Waals surface area contributed by atoms with Crippen molar-refractivity contribution in [1.29, 1.82) is 0 Å². The zero-order chi connectivity index (χ0) is 44.4. The Morgan fingerprint density at radius 3 is 1.21 bits per heavy atom. The van der Waals surface area contributed by atoms with E-state index in [0.29, 0.717) is 25.9 Å². The molecule has 0 aromatic rings. The van der Waals surface area contributed by atoms with Gasteiger partial charge in [0.15, 0.2) is 0 Å². The number of carbonyl (C=O) groups is 2. The molecule has 0 radical (unpaired) electrons. The summed E-state index contributed by atoms with van der Waals surface area (Å²) < 4.78 is 5.44. The van der Waals surface area contributed by atoms with Gasteiger partial charge in [-0.05, 0) is 70.6 Å². The molecule has 0 spiro atoms. The van der Waals surface area contributed by atoms with Gasteiger partial charge in [0, 0.05) is 12.8 Å². The van der Waals surface area contributed by atoms with E-state index in [1.165, 1.54) is 199 Å². The molecule has 6 nitrogen and oxygen atoms in total. The summed E-state index contributed by atoms with van der Waals surface area (Å²) in [5.41, 5.74) is 0. The molecule has 2 unspecified atom stereocenters. The van der Waals surface area contributed by atoms with Crippen molar-refractivity contribution < 1.29 is 24.5 Å². The molecule has 1 amide bonds. The molecule has 0 rings (SSSR count). The van der Waals surface area contributed by atoms with E-state index in [0.717, 1.165) is 57.8 Å². The van der Waals surface area contributed by atoms with Crippen LogP contribution in [0, 0.1) is 0 Å². The maximum absolute atomic E-state index is 12.5. The number of amides is 1. The zero-order valence-corrected chi connectivity index (χ0v) is 40.9. The summed E-state index contributed by atoms with van der Waals surface area (Å²) in [6.45, 7) is 4.90. The Hall–Kier alpha value is -1.66. The summed E-state index contributed by atoms with van der Waals surface area (Å²) in [5, 5.41) is 23.3. The molecule has 2 atom stereocenters. The van der Waals surface area contributed by atoms with Gasteiger partial charge in [-0.1, -0.05) is 231 Å². The van der Waals surface area contributed by atoms with Crippen LogP contribution >= 0.6 is 0 Å².